The number of nitrogens with two attached hydrogens (primary N) is 1. The van der Waals surface area contributed by atoms with Crippen molar-refractivity contribution < 1.29 is 38.7 Å². The Morgan fingerprint density at radius 3 is 2.86 bits per heavy atom. The highest BCUT2D eigenvalue weighted by Gasteiger charge is 2.54. The zero-order valence-corrected chi connectivity index (χ0v) is 20.0. The molecule has 36 heavy (non-hydrogen) atoms. The summed E-state index contributed by atoms with van der Waals surface area (Å²) in [5.74, 6) is -2.66. The molecule has 5 N–H and O–H groups in total. The summed E-state index contributed by atoms with van der Waals surface area (Å²) in [6.07, 6.45) is 4.28. The minimum absolute atomic E-state index is 0.126. The fourth-order valence-electron chi connectivity index (χ4n) is 3.68. The predicted octanol–water partition coefficient (Wildman–Crippen LogP) is -0.0154. The van der Waals surface area contributed by atoms with Gasteiger partial charge in [0.25, 0.3) is 11.8 Å². The molecule has 0 spiro atoms. The van der Waals surface area contributed by atoms with Crippen molar-refractivity contribution in [1.29, 1.82) is 0 Å². The average molecular weight is 537 g/mol. The Kier molecular flexibility index (Phi) is 7.54. The number of aliphatic carboxylic acids is 1. The van der Waals surface area contributed by atoms with Crippen LogP contribution in [0.2, 0.25) is 0 Å². The summed E-state index contributed by atoms with van der Waals surface area (Å²) in [4.78, 5) is 70.1. The Balaban J connectivity index is 1.52. The summed E-state index contributed by atoms with van der Waals surface area (Å²) in [5, 5.41) is 19.6. The van der Waals surface area contributed by atoms with Crippen molar-refractivity contribution in [3.8, 4) is 0 Å². The number of amides is 4. The van der Waals surface area contributed by atoms with E-state index in [1.165, 1.54) is 17.1 Å². The fraction of sp³-hybridized carbons (Fsp3) is 0.350. The van der Waals surface area contributed by atoms with E-state index in [-0.39, 0.29) is 46.3 Å². The molecule has 3 aliphatic rings. The molecular weight excluding hydrogens is 516 g/mol. The summed E-state index contributed by atoms with van der Waals surface area (Å²) in [7, 11) is 0. The van der Waals surface area contributed by atoms with Gasteiger partial charge in [-0.05, 0) is 18.9 Å². The molecule has 16 heteroatoms. The number of ether oxygens (including phenoxy) is 1. The number of nitrogens with zero attached hydrogens (tertiary/aromatic N) is 3. The lowest BCUT2D eigenvalue weighted by Crippen LogP contribution is -2.71. The number of anilines is 1. The van der Waals surface area contributed by atoms with Crippen LogP contribution in [0.1, 0.15) is 18.5 Å². The van der Waals surface area contributed by atoms with E-state index < -0.39 is 35.3 Å². The monoisotopic (exact) mass is 536 g/mol. The molecule has 2 unspecified atom stereocenters. The maximum absolute atomic E-state index is 13.2. The van der Waals surface area contributed by atoms with Crippen molar-refractivity contribution in [2.75, 3.05) is 17.7 Å². The number of rotatable bonds is 10. The van der Waals surface area contributed by atoms with Crippen LogP contribution in [0.25, 0.3) is 0 Å². The number of thioether (sulfide) groups is 1. The van der Waals surface area contributed by atoms with Crippen molar-refractivity contribution in [2.24, 2.45) is 10.9 Å². The first kappa shape index (κ1) is 25.2. The molecule has 3 atom stereocenters. The number of nitrogens with one attached hydrogen (secondary N) is 2. The number of aromatic nitrogens is 1. The van der Waals surface area contributed by atoms with Crippen molar-refractivity contribution in [1.82, 2.24) is 15.2 Å². The van der Waals surface area contributed by atoms with Gasteiger partial charge in [-0.25, -0.2) is 14.6 Å². The Morgan fingerprint density at radius 1 is 1.39 bits per heavy atom. The van der Waals surface area contributed by atoms with Crippen LogP contribution >= 0.6 is 23.1 Å². The number of hydrogen-bond acceptors (Lipinski definition) is 11. The molecule has 4 rings (SSSR count). The molecule has 4 amide bonds. The largest absolute Gasteiger partial charge is 0.477 e. The first-order valence-corrected chi connectivity index (χ1v) is 12.4. The number of primary amides is 1. The molecule has 0 aromatic carbocycles. The molecule has 0 radical (unpaired) electrons. The van der Waals surface area contributed by atoms with E-state index in [0.717, 1.165) is 22.7 Å². The van der Waals surface area contributed by atoms with E-state index in [9.17, 15) is 29.1 Å². The SMILES string of the molecule is NC(=O)OCC1=C(C(=O)O)N2C(=O)C(NC(=O)/C(=N\OC3C=CCC3)c3csc(NC=O)n3)[C@H]2SC1. The molecule has 0 bridgehead atoms. The Hall–Kier alpha value is -3.92. The standard InChI is InChI=1S/C20H20N6O8S2/c21-19(32)33-5-9-6-35-17-13(16(29)26(17)14(9)18(30)31)24-15(28)12(25-34-10-3-1-2-4-10)11-7-36-20(23-11)22-8-27/h1,3,7-8,10,13,17H,2,4-6H2,(H2,21,32)(H,24,28)(H,30,31)(H,22,23,27)/b25-12-/t10?,13?,17-/m1/s1. The summed E-state index contributed by atoms with van der Waals surface area (Å²) < 4.78 is 4.69. The molecule has 1 aliphatic carbocycles. The second-order valence-corrected chi connectivity index (χ2v) is 9.58. The Morgan fingerprint density at radius 2 is 2.19 bits per heavy atom. The van der Waals surface area contributed by atoms with Crippen LogP contribution in [-0.4, -0.2) is 80.9 Å². The van der Waals surface area contributed by atoms with Crippen molar-refractivity contribution in [3.05, 3.63) is 34.5 Å². The highest BCUT2D eigenvalue weighted by molar-refractivity contribution is 8.00. The maximum Gasteiger partial charge on any atom is 0.404 e. The molecular formula is C20H20N6O8S2. The highest BCUT2D eigenvalue weighted by atomic mass is 32.2. The van der Waals surface area contributed by atoms with Gasteiger partial charge in [0.05, 0.1) is 0 Å². The Bertz CT molecular complexity index is 1190. The van der Waals surface area contributed by atoms with E-state index in [1.807, 2.05) is 12.2 Å². The number of carboxylic acids is 1. The summed E-state index contributed by atoms with van der Waals surface area (Å²) in [5.41, 5.74) is 4.77. The molecule has 1 fully saturated rings. The zero-order chi connectivity index (χ0) is 25.8. The van der Waals surface area contributed by atoms with Gasteiger partial charge >= 0.3 is 12.1 Å². The van der Waals surface area contributed by atoms with Gasteiger partial charge in [-0.15, -0.1) is 23.1 Å². The molecule has 2 aliphatic heterocycles. The molecule has 1 aromatic heterocycles. The number of carboxylic acid groups (broad SMARTS) is 1. The molecule has 1 aromatic rings. The van der Waals surface area contributed by atoms with Gasteiger partial charge < -0.3 is 31.0 Å². The van der Waals surface area contributed by atoms with Crippen molar-refractivity contribution >= 4 is 64.2 Å². The number of hydrogen-bond donors (Lipinski definition) is 4. The third-order valence-electron chi connectivity index (χ3n) is 5.32. The third kappa shape index (κ3) is 5.18. The van der Waals surface area contributed by atoms with Gasteiger partial charge in [-0.3, -0.25) is 19.3 Å². The fourth-order valence-corrected chi connectivity index (χ4v) is 5.66. The number of β-lactam (4-membered cyclic amide) rings is 1. The van der Waals surface area contributed by atoms with Crippen molar-refractivity contribution in [2.45, 2.75) is 30.4 Å². The molecule has 190 valence electrons. The maximum atomic E-state index is 13.2. The van der Waals surface area contributed by atoms with Crippen LogP contribution in [-0.2, 0) is 28.8 Å². The second kappa shape index (κ2) is 10.8. The summed E-state index contributed by atoms with van der Waals surface area (Å²) in [6, 6.07) is -1.04. The number of thiazole rings is 1. The number of allylic oxidation sites excluding steroid dienone is 1. The normalized spacial score (nSPS) is 23.0. The zero-order valence-electron chi connectivity index (χ0n) is 18.4. The predicted molar refractivity (Wildman–Crippen MR) is 127 cm³/mol. The van der Waals surface area contributed by atoms with Crippen LogP contribution < -0.4 is 16.4 Å². The van der Waals surface area contributed by atoms with Crippen LogP contribution in [0.5, 0.6) is 0 Å². The van der Waals surface area contributed by atoms with E-state index in [4.69, 9.17) is 15.3 Å². The quantitative estimate of drug-likeness (QED) is 0.103. The minimum atomic E-state index is -1.38. The van der Waals surface area contributed by atoms with Gasteiger partial charge in [-0.2, -0.15) is 0 Å². The van der Waals surface area contributed by atoms with Crippen LogP contribution in [0.3, 0.4) is 0 Å². The van der Waals surface area contributed by atoms with E-state index in [1.54, 1.807) is 0 Å². The molecule has 14 nitrogen and oxygen atoms in total. The van der Waals surface area contributed by atoms with Gasteiger partial charge in [0.2, 0.25) is 6.41 Å². The first-order chi connectivity index (χ1) is 17.3. The van der Waals surface area contributed by atoms with Crippen molar-refractivity contribution in [3.63, 3.8) is 0 Å². The summed E-state index contributed by atoms with van der Waals surface area (Å²) >= 11 is 2.26. The molecule has 3 heterocycles. The second-order valence-electron chi connectivity index (χ2n) is 7.62. The number of carbonyl (C=O) groups is 5. The van der Waals surface area contributed by atoms with E-state index >= 15 is 0 Å². The smallest absolute Gasteiger partial charge is 0.404 e. The average Bonchev–Trinajstić information content (AvgIpc) is 3.53. The van der Waals surface area contributed by atoms with Crippen LogP contribution in [0.4, 0.5) is 9.93 Å². The van der Waals surface area contributed by atoms with E-state index in [0.29, 0.717) is 12.8 Å². The van der Waals surface area contributed by atoms with Crippen LogP contribution in [0.15, 0.2) is 34.0 Å². The topological polar surface area (TPSA) is 203 Å². The van der Waals surface area contributed by atoms with Gasteiger partial charge in [0.1, 0.15) is 35.5 Å². The highest BCUT2D eigenvalue weighted by Crippen LogP contribution is 2.40. The van der Waals surface area contributed by atoms with Crippen LogP contribution in [0, 0.1) is 0 Å². The third-order valence-corrected chi connectivity index (χ3v) is 7.43. The Labute approximate surface area is 211 Å². The minimum Gasteiger partial charge on any atom is -0.477 e. The number of carbonyl (C=O) groups excluding carboxylic acids is 4. The lowest BCUT2D eigenvalue weighted by atomic mass is 10.0. The first-order valence-electron chi connectivity index (χ1n) is 10.5. The number of fused-ring (bicyclic) bond motifs is 1. The van der Waals surface area contributed by atoms with Gasteiger partial charge in [-0.1, -0.05) is 11.2 Å². The number of oxime groups is 1. The molecule has 0 saturated carbocycles. The summed E-state index contributed by atoms with van der Waals surface area (Å²) in [6.45, 7) is -0.373. The van der Waals surface area contributed by atoms with Gasteiger partial charge in [0, 0.05) is 16.7 Å². The lowest BCUT2D eigenvalue weighted by Gasteiger charge is -2.49. The van der Waals surface area contributed by atoms with Gasteiger partial charge in [0.15, 0.2) is 10.8 Å². The lowest BCUT2D eigenvalue weighted by molar-refractivity contribution is -0.150. The molecule has 1 saturated heterocycles. The van der Waals surface area contributed by atoms with E-state index in [2.05, 4.69) is 20.8 Å².